The van der Waals surface area contributed by atoms with Crippen molar-refractivity contribution in [1.29, 1.82) is 0 Å². The van der Waals surface area contributed by atoms with E-state index in [4.69, 9.17) is 10.5 Å². The molecule has 3 aromatic rings. The third-order valence-corrected chi connectivity index (χ3v) is 4.97. The Kier molecular flexibility index (Phi) is 5.05. The molecule has 4 rings (SSSR count). The highest BCUT2D eigenvalue weighted by Crippen LogP contribution is 2.33. The molecule has 150 valence electrons. The van der Waals surface area contributed by atoms with Gasteiger partial charge < -0.3 is 15.4 Å². The molecule has 1 fully saturated rings. The van der Waals surface area contributed by atoms with Crippen LogP contribution in [0, 0.1) is 0 Å². The van der Waals surface area contributed by atoms with Gasteiger partial charge in [0.15, 0.2) is 0 Å². The van der Waals surface area contributed by atoms with E-state index in [-0.39, 0.29) is 12.0 Å². The van der Waals surface area contributed by atoms with Gasteiger partial charge in [-0.1, -0.05) is 36.4 Å². The molecule has 0 saturated carbocycles. The molecule has 0 amide bonds. The number of halogens is 3. The molecule has 1 aliphatic heterocycles. The lowest BCUT2D eigenvalue weighted by molar-refractivity contribution is -0.137. The Balaban J connectivity index is 1.42. The van der Waals surface area contributed by atoms with Crippen molar-refractivity contribution in [2.75, 3.05) is 23.7 Å². The molecule has 2 N–H and O–H groups in total. The van der Waals surface area contributed by atoms with Crippen LogP contribution in [-0.2, 0) is 6.18 Å². The van der Waals surface area contributed by atoms with Crippen LogP contribution in [-0.4, -0.2) is 24.2 Å². The van der Waals surface area contributed by atoms with Crippen LogP contribution in [0.15, 0.2) is 66.9 Å². The van der Waals surface area contributed by atoms with Gasteiger partial charge in [0.1, 0.15) is 6.10 Å². The van der Waals surface area contributed by atoms with Crippen molar-refractivity contribution < 1.29 is 17.9 Å². The van der Waals surface area contributed by atoms with Gasteiger partial charge in [-0.25, -0.2) is 4.98 Å². The SMILES string of the molecule is Nc1cc(-c2ccccc2)ccc1N1CCC(Oc2ccc(C(F)(F)F)cn2)C1. The summed E-state index contributed by atoms with van der Waals surface area (Å²) in [6.07, 6.45) is -3.03. The first-order valence-corrected chi connectivity index (χ1v) is 9.30. The maximum atomic E-state index is 12.6. The van der Waals surface area contributed by atoms with E-state index < -0.39 is 11.7 Å². The van der Waals surface area contributed by atoms with E-state index in [0.717, 1.165) is 42.0 Å². The van der Waals surface area contributed by atoms with Gasteiger partial charge in [-0.05, 0) is 29.3 Å². The average molecular weight is 399 g/mol. The van der Waals surface area contributed by atoms with Gasteiger partial charge in [0.2, 0.25) is 5.88 Å². The largest absolute Gasteiger partial charge is 0.472 e. The van der Waals surface area contributed by atoms with Crippen molar-refractivity contribution in [1.82, 2.24) is 4.98 Å². The van der Waals surface area contributed by atoms with Crippen molar-refractivity contribution in [3.05, 3.63) is 72.4 Å². The summed E-state index contributed by atoms with van der Waals surface area (Å²) in [7, 11) is 0. The summed E-state index contributed by atoms with van der Waals surface area (Å²) in [6, 6.07) is 18.2. The van der Waals surface area contributed by atoms with E-state index in [2.05, 4.69) is 9.88 Å². The molecule has 1 aliphatic rings. The average Bonchev–Trinajstić information content (AvgIpc) is 3.16. The van der Waals surface area contributed by atoms with Crippen molar-refractivity contribution in [2.24, 2.45) is 0 Å². The normalized spacial score (nSPS) is 16.8. The number of alkyl halides is 3. The van der Waals surface area contributed by atoms with Crippen LogP contribution < -0.4 is 15.4 Å². The minimum atomic E-state index is -4.40. The molecule has 0 spiro atoms. The molecular formula is C22H20F3N3O. The second kappa shape index (κ2) is 7.66. The van der Waals surface area contributed by atoms with Crippen LogP contribution in [0.4, 0.5) is 24.5 Å². The van der Waals surface area contributed by atoms with Crippen LogP contribution in [0.3, 0.4) is 0 Å². The molecule has 1 saturated heterocycles. The lowest BCUT2D eigenvalue weighted by Crippen LogP contribution is -2.25. The number of rotatable bonds is 4. The first kappa shape index (κ1) is 19.1. The maximum absolute atomic E-state index is 12.6. The van der Waals surface area contributed by atoms with Gasteiger partial charge in [0.25, 0.3) is 0 Å². The summed E-state index contributed by atoms with van der Waals surface area (Å²) in [5.41, 5.74) is 9.26. The number of benzene rings is 2. The number of nitrogen functional groups attached to an aromatic ring is 1. The molecule has 1 unspecified atom stereocenters. The molecule has 1 aromatic heterocycles. The highest BCUT2D eigenvalue weighted by atomic mass is 19.4. The Bertz CT molecular complexity index is 975. The van der Waals surface area contributed by atoms with Crippen molar-refractivity contribution >= 4 is 11.4 Å². The standard InChI is InChI=1S/C22H20F3N3O/c23-22(24,25)17-7-9-21(27-13-17)29-18-10-11-28(14-18)20-8-6-16(12-19(20)26)15-4-2-1-3-5-15/h1-9,12-13,18H,10-11,14,26H2. The van der Waals surface area contributed by atoms with Crippen LogP contribution in [0.25, 0.3) is 11.1 Å². The topological polar surface area (TPSA) is 51.4 Å². The van der Waals surface area contributed by atoms with E-state index in [1.807, 2.05) is 48.5 Å². The zero-order chi connectivity index (χ0) is 20.4. The Hall–Kier alpha value is -3.22. The molecule has 7 heteroatoms. The molecule has 2 aromatic carbocycles. The van der Waals surface area contributed by atoms with E-state index in [1.54, 1.807) is 0 Å². The Morgan fingerprint density at radius 2 is 1.79 bits per heavy atom. The maximum Gasteiger partial charge on any atom is 0.417 e. The van der Waals surface area contributed by atoms with Crippen LogP contribution >= 0.6 is 0 Å². The van der Waals surface area contributed by atoms with Crippen LogP contribution in [0.1, 0.15) is 12.0 Å². The fourth-order valence-corrected chi connectivity index (χ4v) is 3.48. The number of nitrogens with zero attached hydrogens (tertiary/aromatic N) is 2. The lowest BCUT2D eigenvalue weighted by atomic mass is 10.0. The number of anilines is 2. The quantitative estimate of drug-likeness (QED) is 0.627. The highest BCUT2D eigenvalue weighted by molar-refractivity contribution is 5.76. The molecule has 1 atom stereocenters. The van der Waals surface area contributed by atoms with E-state index in [9.17, 15) is 13.2 Å². The molecule has 0 aliphatic carbocycles. The van der Waals surface area contributed by atoms with E-state index in [1.165, 1.54) is 6.07 Å². The molecule has 0 radical (unpaired) electrons. The summed E-state index contributed by atoms with van der Waals surface area (Å²) in [6.45, 7) is 1.35. The first-order valence-electron chi connectivity index (χ1n) is 9.30. The van der Waals surface area contributed by atoms with Crippen molar-refractivity contribution in [3.8, 4) is 17.0 Å². The second-order valence-corrected chi connectivity index (χ2v) is 7.00. The zero-order valence-electron chi connectivity index (χ0n) is 15.6. The fraction of sp³-hybridized carbons (Fsp3) is 0.227. The number of hydrogen-bond acceptors (Lipinski definition) is 4. The van der Waals surface area contributed by atoms with Gasteiger partial charge in [-0.2, -0.15) is 13.2 Å². The Morgan fingerprint density at radius 1 is 1.00 bits per heavy atom. The number of ether oxygens (including phenoxy) is 1. The van der Waals surface area contributed by atoms with Gasteiger partial charge in [0, 0.05) is 25.2 Å². The smallest absolute Gasteiger partial charge is 0.417 e. The summed E-state index contributed by atoms with van der Waals surface area (Å²) in [4.78, 5) is 5.91. The summed E-state index contributed by atoms with van der Waals surface area (Å²) in [5, 5.41) is 0. The van der Waals surface area contributed by atoms with Gasteiger partial charge in [-0.3, -0.25) is 0 Å². The molecular weight excluding hydrogens is 379 g/mol. The van der Waals surface area contributed by atoms with Gasteiger partial charge >= 0.3 is 6.18 Å². The number of hydrogen-bond donors (Lipinski definition) is 1. The lowest BCUT2D eigenvalue weighted by Gasteiger charge is -2.21. The number of nitrogens with two attached hydrogens (primary N) is 1. The summed E-state index contributed by atoms with van der Waals surface area (Å²) < 4.78 is 43.7. The van der Waals surface area contributed by atoms with Gasteiger partial charge in [-0.15, -0.1) is 0 Å². The van der Waals surface area contributed by atoms with Crippen LogP contribution in [0.2, 0.25) is 0 Å². The monoisotopic (exact) mass is 399 g/mol. The number of aromatic nitrogens is 1. The Labute approximate surface area is 166 Å². The summed E-state index contributed by atoms with van der Waals surface area (Å²) >= 11 is 0. The second-order valence-electron chi connectivity index (χ2n) is 7.00. The zero-order valence-corrected chi connectivity index (χ0v) is 15.6. The molecule has 0 bridgehead atoms. The van der Waals surface area contributed by atoms with E-state index in [0.29, 0.717) is 12.2 Å². The number of pyridine rings is 1. The highest BCUT2D eigenvalue weighted by Gasteiger charge is 2.31. The van der Waals surface area contributed by atoms with Crippen LogP contribution in [0.5, 0.6) is 5.88 Å². The minimum absolute atomic E-state index is 0.160. The van der Waals surface area contributed by atoms with E-state index >= 15 is 0 Å². The third kappa shape index (κ3) is 4.29. The van der Waals surface area contributed by atoms with Crippen molar-refractivity contribution in [2.45, 2.75) is 18.7 Å². The minimum Gasteiger partial charge on any atom is -0.472 e. The van der Waals surface area contributed by atoms with Crippen molar-refractivity contribution in [3.63, 3.8) is 0 Å². The molecule has 29 heavy (non-hydrogen) atoms. The van der Waals surface area contributed by atoms with Gasteiger partial charge in [0.05, 0.1) is 23.5 Å². The molecule has 4 nitrogen and oxygen atoms in total. The third-order valence-electron chi connectivity index (χ3n) is 4.97. The molecule has 2 heterocycles. The predicted molar refractivity (Wildman–Crippen MR) is 107 cm³/mol. The first-order chi connectivity index (χ1) is 13.9. The predicted octanol–water partition coefficient (Wildman–Crippen LogP) is 5.01. The fourth-order valence-electron chi connectivity index (χ4n) is 3.48. The summed E-state index contributed by atoms with van der Waals surface area (Å²) in [5.74, 6) is 0.192. The Morgan fingerprint density at radius 3 is 2.45 bits per heavy atom.